The van der Waals surface area contributed by atoms with Gasteiger partial charge in [-0.1, -0.05) is 46.4 Å². The van der Waals surface area contributed by atoms with Crippen LogP contribution in [0.1, 0.15) is 16.1 Å². The Hall–Kier alpha value is -2.24. The molecule has 0 saturated heterocycles. The first-order valence-corrected chi connectivity index (χ1v) is 9.92. The highest BCUT2D eigenvalue weighted by Gasteiger charge is 2.22. The van der Waals surface area contributed by atoms with Gasteiger partial charge in [0.25, 0.3) is 0 Å². The summed E-state index contributed by atoms with van der Waals surface area (Å²) in [6.45, 7) is 0. The first-order chi connectivity index (χ1) is 13.9. The minimum atomic E-state index is -0.236. The molecule has 0 aliphatic heterocycles. The standard InChI is InChI=1S/C21H12Cl4N2O2/c1-29-13-5-2-11(3-6-13)21(28)20-14-9-17(24)18(25)10-19(14)26-27(20)12-4-7-15(22)16(23)8-12/h2-10H,1H3. The van der Waals surface area contributed by atoms with Crippen molar-refractivity contribution in [1.29, 1.82) is 0 Å². The molecule has 0 fully saturated rings. The van der Waals surface area contributed by atoms with Crippen LogP contribution in [0.25, 0.3) is 16.6 Å². The fraction of sp³-hybridized carbons (Fsp3) is 0.0476. The van der Waals surface area contributed by atoms with Crippen LogP contribution < -0.4 is 4.74 Å². The second-order valence-electron chi connectivity index (χ2n) is 6.20. The summed E-state index contributed by atoms with van der Waals surface area (Å²) in [5.74, 6) is 0.416. The Morgan fingerprint density at radius 3 is 2.17 bits per heavy atom. The van der Waals surface area contributed by atoms with Crippen molar-refractivity contribution < 1.29 is 9.53 Å². The summed E-state index contributed by atoms with van der Waals surface area (Å²) < 4.78 is 6.69. The van der Waals surface area contributed by atoms with E-state index in [0.29, 0.717) is 53.7 Å². The highest BCUT2D eigenvalue weighted by atomic mass is 35.5. The van der Waals surface area contributed by atoms with Crippen molar-refractivity contribution >= 4 is 63.1 Å². The average molecular weight is 466 g/mol. The lowest BCUT2D eigenvalue weighted by Gasteiger charge is -2.09. The zero-order chi connectivity index (χ0) is 20.7. The number of carbonyl (C=O) groups is 1. The molecule has 0 spiro atoms. The van der Waals surface area contributed by atoms with Gasteiger partial charge in [0, 0.05) is 10.9 Å². The first kappa shape index (κ1) is 20.0. The van der Waals surface area contributed by atoms with Crippen molar-refractivity contribution in [2.45, 2.75) is 0 Å². The maximum atomic E-state index is 13.4. The molecule has 0 atom stereocenters. The van der Waals surface area contributed by atoms with Crippen LogP contribution in [-0.4, -0.2) is 22.7 Å². The smallest absolute Gasteiger partial charge is 0.212 e. The molecule has 0 radical (unpaired) electrons. The molecule has 0 saturated carbocycles. The maximum Gasteiger partial charge on any atom is 0.212 e. The van der Waals surface area contributed by atoms with E-state index in [4.69, 9.17) is 51.1 Å². The van der Waals surface area contributed by atoms with E-state index in [9.17, 15) is 4.79 Å². The second kappa shape index (κ2) is 7.88. The van der Waals surface area contributed by atoms with Crippen LogP contribution in [0, 0.1) is 0 Å². The lowest BCUT2D eigenvalue weighted by atomic mass is 10.0. The van der Waals surface area contributed by atoms with E-state index >= 15 is 0 Å². The summed E-state index contributed by atoms with van der Waals surface area (Å²) in [5, 5.41) is 6.57. The van der Waals surface area contributed by atoms with Crippen LogP contribution in [0.5, 0.6) is 5.75 Å². The lowest BCUT2D eigenvalue weighted by Crippen LogP contribution is -2.10. The van der Waals surface area contributed by atoms with Gasteiger partial charge >= 0.3 is 0 Å². The van der Waals surface area contributed by atoms with Crippen LogP contribution in [-0.2, 0) is 0 Å². The van der Waals surface area contributed by atoms with Gasteiger partial charge in [0.1, 0.15) is 11.4 Å². The lowest BCUT2D eigenvalue weighted by molar-refractivity contribution is 0.103. The Bertz CT molecular complexity index is 1250. The number of aromatic nitrogens is 2. The van der Waals surface area contributed by atoms with Crippen molar-refractivity contribution in [3.63, 3.8) is 0 Å². The SMILES string of the molecule is COc1ccc(C(=O)c2c3cc(Cl)c(Cl)cc3nn2-c2ccc(Cl)c(Cl)c2)cc1. The third-order valence-corrected chi connectivity index (χ3v) is 5.89. The molecule has 8 heteroatoms. The van der Waals surface area contributed by atoms with E-state index in [1.807, 2.05) is 0 Å². The Balaban J connectivity index is 1.97. The molecule has 4 rings (SSSR count). The first-order valence-electron chi connectivity index (χ1n) is 8.41. The number of carbonyl (C=O) groups excluding carboxylic acids is 1. The monoisotopic (exact) mass is 464 g/mol. The fourth-order valence-electron chi connectivity index (χ4n) is 2.98. The van der Waals surface area contributed by atoms with E-state index in [0.717, 1.165) is 0 Å². The summed E-state index contributed by atoms with van der Waals surface area (Å²) in [5.41, 5.74) is 1.92. The van der Waals surface area contributed by atoms with Gasteiger partial charge in [0.2, 0.25) is 5.78 Å². The molecule has 1 aromatic heterocycles. The van der Waals surface area contributed by atoms with E-state index in [1.165, 1.54) is 4.68 Å². The Labute approximate surface area is 186 Å². The number of hydrogen-bond acceptors (Lipinski definition) is 3. The van der Waals surface area contributed by atoms with Gasteiger partial charge in [0.15, 0.2) is 0 Å². The van der Waals surface area contributed by atoms with Crippen LogP contribution in [0.3, 0.4) is 0 Å². The number of ether oxygens (including phenoxy) is 1. The van der Waals surface area contributed by atoms with Gasteiger partial charge in [-0.25, -0.2) is 4.68 Å². The Kier molecular flexibility index (Phi) is 5.45. The predicted molar refractivity (Wildman–Crippen MR) is 118 cm³/mol. The van der Waals surface area contributed by atoms with Crippen LogP contribution >= 0.6 is 46.4 Å². The van der Waals surface area contributed by atoms with Crippen LogP contribution in [0.4, 0.5) is 0 Å². The maximum absolute atomic E-state index is 13.4. The highest BCUT2D eigenvalue weighted by molar-refractivity contribution is 6.43. The zero-order valence-electron chi connectivity index (χ0n) is 14.9. The molecule has 0 N–H and O–H groups in total. The number of ketones is 1. The molecule has 29 heavy (non-hydrogen) atoms. The summed E-state index contributed by atoms with van der Waals surface area (Å²) in [6.07, 6.45) is 0. The van der Waals surface area contributed by atoms with Crippen molar-refractivity contribution in [2.24, 2.45) is 0 Å². The number of methoxy groups -OCH3 is 1. The Morgan fingerprint density at radius 1 is 0.862 bits per heavy atom. The number of halogens is 4. The Morgan fingerprint density at radius 2 is 1.52 bits per heavy atom. The molecular weight excluding hydrogens is 454 g/mol. The molecule has 0 aliphatic rings. The van der Waals surface area contributed by atoms with Gasteiger partial charge in [-0.05, 0) is 54.6 Å². The number of hydrogen-bond donors (Lipinski definition) is 0. The molecule has 4 nitrogen and oxygen atoms in total. The molecule has 4 aromatic rings. The molecule has 0 aliphatic carbocycles. The molecule has 0 amide bonds. The molecular formula is C21H12Cl4N2O2. The fourth-order valence-corrected chi connectivity index (χ4v) is 3.60. The molecule has 146 valence electrons. The van der Waals surface area contributed by atoms with Gasteiger partial charge in [-0.2, -0.15) is 5.10 Å². The zero-order valence-corrected chi connectivity index (χ0v) is 17.9. The topological polar surface area (TPSA) is 44.1 Å². The van der Waals surface area contributed by atoms with Crippen molar-refractivity contribution in [3.8, 4) is 11.4 Å². The van der Waals surface area contributed by atoms with Crippen molar-refractivity contribution in [3.05, 3.63) is 85.9 Å². The summed E-state index contributed by atoms with van der Waals surface area (Å²) in [6, 6.07) is 15.1. The molecule has 0 unspecified atom stereocenters. The van der Waals surface area contributed by atoms with Crippen molar-refractivity contribution in [2.75, 3.05) is 7.11 Å². The second-order valence-corrected chi connectivity index (χ2v) is 7.83. The summed E-state index contributed by atoms with van der Waals surface area (Å²) in [4.78, 5) is 13.4. The number of fused-ring (bicyclic) bond motifs is 1. The minimum Gasteiger partial charge on any atom is -0.497 e. The third kappa shape index (κ3) is 3.69. The minimum absolute atomic E-state index is 0.236. The summed E-state index contributed by atoms with van der Waals surface area (Å²) in [7, 11) is 1.56. The highest BCUT2D eigenvalue weighted by Crippen LogP contribution is 2.33. The van der Waals surface area contributed by atoms with Gasteiger partial charge in [-0.3, -0.25) is 4.79 Å². The molecule has 0 bridgehead atoms. The number of nitrogens with zero attached hydrogens (tertiary/aromatic N) is 2. The van der Waals surface area contributed by atoms with Gasteiger partial charge in [-0.15, -0.1) is 0 Å². The number of rotatable bonds is 4. The third-order valence-electron chi connectivity index (χ3n) is 4.43. The van der Waals surface area contributed by atoms with E-state index in [1.54, 1.807) is 61.7 Å². The number of benzene rings is 3. The normalized spacial score (nSPS) is 11.1. The van der Waals surface area contributed by atoms with Crippen molar-refractivity contribution in [1.82, 2.24) is 9.78 Å². The van der Waals surface area contributed by atoms with Gasteiger partial charge < -0.3 is 4.74 Å². The quantitative estimate of drug-likeness (QED) is 0.308. The van der Waals surface area contributed by atoms with Crippen LogP contribution in [0.15, 0.2) is 54.6 Å². The largest absolute Gasteiger partial charge is 0.497 e. The van der Waals surface area contributed by atoms with E-state index in [-0.39, 0.29) is 5.78 Å². The summed E-state index contributed by atoms with van der Waals surface area (Å²) >= 11 is 24.6. The average Bonchev–Trinajstić information content (AvgIpc) is 3.08. The molecule has 1 heterocycles. The van der Waals surface area contributed by atoms with Crippen LogP contribution in [0.2, 0.25) is 20.1 Å². The predicted octanol–water partition coefficient (Wildman–Crippen LogP) is 6.88. The van der Waals surface area contributed by atoms with E-state index in [2.05, 4.69) is 5.10 Å². The van der Waals surface area contributed by atoms with Gasteiger partial charge in [0.05, 0.1) is 38.4 Å². The molecule has 3 aromatic carbocycles. The van der Waals surface area contributed by atoms with E-state index < -0.39 is 0 Å².